The van der Waals surface area contributed by atoms with Crippen LogP contribution in [-0.2, 0) is 13.0 Å². The second-order valence-electron chi connectivity index (χ2n) is 11.0. The molecule has 9 heteroatoms. The smallest absolute Gasteiger partial charge is 0.322 e. The Morgan fingerprint density at radius 2 is 1.93 bits per heavy atom. The maximum atomic E-state index is 13.6. The number of nitrogens with one attached hydrogen (secondary N) is 1. The van der Waals surface area contributed by atoms with Crippen molar-refractivity contribution in [3.05, 3.63) is 89.9 Å². The standard InChI is InChI=1S/C32H36N6O3/c1-3-6-23-19-37(20-24-7-4-5-8-27(23)24)31(39)29-18-30(34-21-33-29)36-14-12-25(13-15-36)38-16-11-22-17-26(41-2)9-10-28(22)35-32(38)40/h3-5,7-10,17-18,21,23,25H,1,6,11-16,19-20H2,2H3,(H,35,40). The zero-order chi connectivity index (χ0) is 28.3. The average molecular weight is 553 g/mol. The Hall–Kier alpha value is -4.40. The fourth-order valence-electron chi connectivity index (χ4n) is 6.38. The first kappa shape index (κ1) is 26.8. The Balaban J connectivity index is 1.10. The SMILES string of the molecule is C=CCC1CN(C(=O)c2cc(N3CCC(N4CCc5cc(OC)ccc5NC4=O)CC3)ncn2)Cc2ccccc21. The van der Waals surface area contributed by atoms with Crippen molar-refractivity contribution in [2.24, 2.45) is 0 Å². The van der Waals surface area contributed by atoms with Crippen molar-refractivity contribution >= 4 is 23.4 Å². The van der Waals surface area contributed by atoms with Crippen LogP contribution in [0.1, 0.15) is 52.4 Å². The topological polar surface area (TPSA) is 90.9 Å². The summed E-state index contributed by atoms with van der Waals surface area (Å²) in [6.45, 7) is 7.29. The molecule has 3 aromatic rings. The summed E-state index contributed by atoms with van der Waals surface area (Å²) in [5, 5.41) is 3.08. The first-order valence-corrected chi connectivity index (χ1v) is 14.3. The quantitative estimate of drug-likeness (QED) is 0.440. The minimum atomic E-state index is -0.0791. The molecule has 1 fully saturated rings. The third-order valence-electron chi connectivity index (χ3n) is 8.57. The highest BCUT2D eigenvalue weighted by molar-refractivity contribution is 5.93. The normalized spacial score (nSPS) is 19.1. The Morgan fingerprint density at radius 3 is 2.73 bits per heavy atom. The highest BCUT2D eigenvalue weighted by atomic mass is 16.5. The lowest BCUT2D eigenvalue weighted by Crippen LogP contribution is -2.49. The van der Waals surface area contributed by atoms with Gasteiger partial charge in [-0.05, 0) is 60.6 Å². The van der Waals surface area contributed by atoms with Crippen molar-refractivity contribution in [2.45, 2.75) is 44.2 Å². The van der Waals surface area contributed by atoms with Gasteiger partial charge in [0.1, 0.15) is 23.6 Å². The third kappa shape index (κ3) is 5.49. The Labute approximate surface area is 240 Å². The van der Waals surface area contributed by atoms with Crippen LogP contribution in [0.15, 0.2) is 67.5 Å². The summed E-state index contributed by atoms with van der Waals surface area (Å²) in [4.78, 5) is 41.6. The first-order valence-electron chi connectivity index (χ1n) is 14.3. The molecule has 0 radical (unpaired) electrons. The van der Waals surface area contributed by atoms with Crippen molar-refractivity contribution < 1.29 is 14.3 Å². The Kier molecular flexibility index (Phi) is 7.59. The van der Waals surface area contributed by atoms with E-state index < -0.39 is 0 Å². The average Bonchev–Trinajstić information content (AvgIpc) is 3.18. The van der Waals surface area contributed by atoms with Gasteiger partial charge in [-0.1, -0.05) is 30.3 Å². The van der Waals surface area contributed by atoms with Gasteiger partial charge in [-0.3, -0.25) is 4.79 Å². The van der Waals surface area contributed by atoms with E-state index in [1.165, 1.54) is 17.5 Å². The zero-order valence-electron chi connectivity index (χ0n) is 23.5. The number of fused-ring (bicyclic) bond motifs is 2. The fraction of sp³-hybridized carbons (Fsp3) is 0.375. The van der Waals surface area contributed by atoms with Gasteiger partial charge in [0.25, 0.3) is 5.91 Å². The molecule has 0 bridgehead atoms. The molecule has 6 rings (SSSR count). The van der Waals surface area contributed by atoms with E-state index in [-0.39, 0.29) is 23.9 Å². The molecule has 3 aliphatic rings. The molecule has 41 heavy (non-hydrogen) atoms. The van der Waals surface area contributed by atoms with Crippen LogP contribution in [0, 0.1) is 0 Å². The largest absolute Gasteiger partial charge is 0.497 e. The maximum absolute atomic E-state index is 13.6. The lowest BCUT2D eigenvalue weighted by atomic mass is 9.87. The predicted octanol–water partition coefficient (Wildman–Crippen LogP) is 4.86. The molecule has 1 atom stereocenters. The van der Waals surface area contributed by atoms with E-state index in [0.29, 0.717) is 25.3 Å². The van der Waals surface area contributed by atoms with Gasteiger partial charge >= 0.3 is 6.03 Å². The van der Waals surface area contributed by atoms with Crippen LogP contribution in [0.3, 0.4) is 0 Å². The molecule has 4 heterocycles. The van der Waals surface area contributed by atoms with Gasteiger partial charge < -0.3 is 24.8 Å². The number of nitrogens with zero attached hydrogens (tertiary/aromatic N) is 5. The number of hydrogen-bond donors (Lipinski definition) is 1. The number of rotatable bonds is 6. The number of anilines is 2. The molecule has 0 aliphatic carbocycles. The molecule has 9 nitrogen and oxygen atoms in total. The van der Waals surface area contributed by atoms with E-state index in [0.717, 1.165) is 61.6 Å². The number of ether oxygens (including phenoxy) is 1. The molecule has 3 amide bonds. The zero-order valence-corrected chi connectivity index (χ0v) is 23.5. The number of carbonyl (C=O) groups is 2. The summed E-state index contributed by atoms with van der Waals surface area (Å²) >= 11 is 0. The van der Waals surface area contributed by atoms with Gasteiger partial charge in [0.05, 0.1) is 7.11 Å². The van der Waals surface area contributed by atoms with Crippen LogP contribution >= 0.6 is 0 Å². The van der Waals surface area contributed by atoms with Crippen LogP contribution in [0.4, 0.5) is 16.3 Å². The van der Waals surface area contributed by atoms with Gasteiger partial charge in [0.15, 0.2) is 0 Å². The monoisotopic (exact) mass is 552 g/mol. The number of benzene rings is 2. The van der Waals surface area contributed by atoms with Crippen molar-refractivity contribution in [3.8, 4) is 5.75 Å². The molecule has 1 unspecified atom stereocenters. The van der Waals surface area contributed by atoms with E-state index in [4.69, 9.17) is 4.74 Å². The minimum absolute atomic E-state index is 0.0554. The van der Waals surface area contributed by atoms with Crippen molar-refractivity contribution in [1.82, 2.24) is 19.8 Å². The van der Waals surface area contributed by atoms with E-state index >= 15 is 0 Å². The molecule has 212 valence electrons. The molecule has 2 aromatic carbocycles. The van der Waals surface area contributed by atoms with Gasteiger partial charge in [-0.2, -0.15) is 0 Å². The highest BCUT2D eigenvalue weighted by Gasteiger charge is 2.32. The second-order valence-corrected chi connectivity index (χ2v) is 11.0. The number of urea groups is 1. The van der Waals surface area contributed by atoms with Crippen LogP contribution < -0.4 is 15.0 Å². The van der Waals surface area contributed by atoms with Gasteiger partial charge in [0.2, 0.25) is 0 Å². The summed E-state index contributed by atoms with van der Waals surface area (Å²) in [6, 6.07) is 16.0. The van der Waals surface area contributed by atoms with E-state index in [1.807, 2.05) is 46.2 Å². The number of amides is 3. The number of hydrogen-bond acceptors (Lipinski definition) is 6. The van der Waals surface area contributed by atoms with E-state index in [2.05, 4.69) is 45.0 Å². The van der Waals surface area contributed by atoms with Crippen molar-refractivity contribution in [1.29, 1.82) is 0 Å². The molecule has 1 saturated heterocycles. The number of aromatic nitrogens is 2. The number of carbonyl (C=O) groups excluding carboxylic acids is 2. The summed E-state index contributed by atoms with van der Waals surface area (Å²) in [7, 11) is 1.65. The minimum Gasteiger partial charge on any atom is -0.497 e. The third-order valence-corrected chi connectivity index (χ3v) is 8.57. The summed E-state index contributed by atoms with van der Waals surface area (Å²) < 4.78 is 5.36. The highest BCUT2D eigenvalue weighted by Crippen LogP contribution is 2.32. The Bertz CT molecular complexity index is 1450. The first-order chi connectivity index (χ1) is 20.0. The molecule has 1 aromatic heterocycles. The number of methoxy groups -OCH3 is 1. The van der Waals surface area contributed by atoms with E-state index in [1.54, 1.807) is 7.11 Å². The predicted molar refractivity (Wildman–Crippen MR) is 158 cm³/mol. The van der Waals surface area contributed by atoms with Crippen LogP contribution in [0.5, 0.6) is 5.75 Å². The van der Waals surface area contributed by atoms with Gasteiger partial charge in [-0.15, -0.1) is 6.58 Å². The Morgan fingerprint density at radius 1 is 1.10 bits per heavy atom. The number of piperidine rings is 1. The summed E-state index contributed by atoms with van der Waals surface area (Å²) in [5.74, 6) is 1.70. The van der Waals surface area contributed by atoms with Gasteiger partial charge in [0, 0.05) is 56.4 Å². The van der Waals surface area contributed by atoms with Crippen LogP contribution in [0.2, 0.25) is 0 Å². The summed E-state index contributed by atoms with van der Waals surface area (Å²) in [5.41, 5.74) is 4.82. The molecular formula is C32H36N6O3. The maximum Gasteiger partial charge on any atom is 0.322 e. The molecule has 3 aliphatic heterocycles. The van der Waals surface area contributed by atoms with Gasteiger partial charge in [-0.25, -0.2) is 14.8 Å². The molecule has 0 saturated carbocycles. The lowest BCUT2D eigenvalue weighted by Gasteiger charge is -2.38. The van der Waals surface area contributed by atoms with Crippen LogP contribution in [-0.4, -0.2) is 71.0 Å². The van der Waals surface area contributed by atoms with Crippen molar-refractivity contribution in [3.63, 3.8) is 0 Å². The fourth-order valence-corrected chi connectivity index (χ4v) is 6.38. The lowest BCUT2D eigenvalue weighted by molar-refractivity contribution is 0.0711. The molecular weight excluding hydrogens is 516 g/mol. The second kappa shape index (κ2) is 11.6. The number of allylic oxidation sites excluding steroid dienone is 1. The van der Waals surface area contributed by atoms with E-state index in [9.17, 15) is 9.59 Å². The van der Waals surface area contributed by atoms with Crippen LogP contribution in [0.25, 0.3) is 0 Å². The summed E-state index contributed by atoms with van der Waals surface area (Å²) in [6.07, 6.45) is 6.66. The van der Waals surface area contributed by atoms with Crippen molar-refractivity contribution in [2.75, 3.05) is 43.5 Å². The molecule has 1 N–H and O–H groups in total. The molecule has 0 spiro atoms.